The van der Waals surface area contributed by atoms with Crippen molar-refractivity contribution in [3.63, 3.8) is 0 Å². The van der Waals surface area contributed by atoms with Crippen molar-refractivity contribution in [1.82, 2.24) is 19.7 Å². The number of fused-ring (bicyclic) bond motifs is 1. The van der Waals surface area contributed by atoms with Gasteiger partial charge in [0.25, 0.3) is 5.91 Å². The van der Waals surface area contributed by atoms with E-state index in [-0.39, 0.29) is 0 Å². The highest BCUT2D eigenvalue weighted by atomic mass is 16.1. The van der Waals surface area contributed by atoms with Crippen LogP contribution in [0, 0.1) is 0 Å². The SMILES string of the molecule is NC(=O)c1nn(Cc2ccccc2)c2ccc(-c3cncc(CN4CCCCC4)c3)cc12. The Morgan fingerprint density at radius 1 is 0.875 bits per heavy atom. The van der Waals surface area contributed by atoms with E-state index in [2.05, 4.69) is 27.1 Å². The Bertz CT molecular complexity index is 1240. The Labute approximate surface area is 187 Å². The van der Waals surface area contributed by atoms with Gasteiger partial charge in [-0.15, -0.1) is 0 Å². The molecule has 1 aliphatic heterocycles. The van der Waals surface area contributed by atoms with Crippen LogP contribution in [0.25, 0.3) is 22.0 Å². The number of carbonyl (C=O) groups is 1. The van der Waals surface area contributed by atoms with E-state index in [1.54, 1.807) is 0 Å². The molecule has 1 fully saturated rings. The average Bonchev–Trinajstić information content (AvgIpc) is 3.18. The first kappa shape index (κ1) is 20.4. The Morgan fingerprint density at radius 2 is 1.69 bits per heavy atom. The van der Waals surface area contributed by atoms with Crippen molar-refractivity contribution in [2.24, 2.45) is 5.73 Å². The second-order valence-electron chi connectivity index (χ2n) is 8.51. The Balaban J connectivity index is 1.48. The van der Waals surface area contributed by atoms with Crippen LogP contribution in [0.4, 0.5) is 0 Å². The minimum Gasteiger partial charge on any atom is -0.364 e. The number of pyridine rings is 1. The maximum absolute atomic E-state index is 12.1. The summed E-state index contributed by atoms with van der Waals surface area (Å²) in [5.41, 5.74) is 11.2. The van der Waals surface area contributed by atoms with Crippen LogP contribution in [-0.4, -0.2) is 38.7 Å². The molecule has 0 atom stereocenters. The van der Waals surface area contributed by atoms with Crippen LogP contribution in [0.3, 0.4) is 0 Å². The first-order valence-electron chi connectivity index (χ1n) is 11.2. The fourth-order valence-electron chi connectivity index (χ4n) is 4.53. The third-order valence-corrected chi connectivity index (χ3v) is 6.14. The molecule has 4 aromatic rings. The molecule has 1 amide bonds. The number of piperidine rings is 1. The Hall–Kier alpha value is -3.51. The first-order chi connectivity index (χ1) is 15.7. The lowest BCUT2D eigenvalue weighted by atomic mass is 10.0. The van der Waals surface area contributed by atoms with E-state index in [1.165, 1.54) is 24.8 Å². The topological polar surface area (TPSA) is 77.0 Å². The summed E-state index contributed by atoms with van der Waals surface area (Å²) in [6.07, 6.45) is 7.69. The summed E-state index contributed by atoms with van der Waals surface area (Å²) in [5, 5.41) is 5.30. The summed E-state index contributed by atoms with van der Waals surface area (Å²) in [4.78, 5) is 19.1. The third-order valence-electron chi connectivity index (χ3n) is 6.14. The van der Waals surface area contributed by atoms with Crippen molar-refractivity contribution in [3.05, 3.63) is 83.8 Å². The molecule has 0 saturated carbocycles. The zero-order valence-corrected chi connectivity index (χ0v) is 18.1. The predicted octanol–water partition coefficient (Wildman–Crippen LogP) is 4.23. The van der Waals surface area contributed by atoms with Crippen LogP contribution in [-0.2, 0) is 13.1 Å². The van der Waals surface area contributed by atoms with Crippen molar-refractivity contribution in [2.75, 3.05) is 13.1 Å². The summed E-state index contributed by atoms with van der Waals surface area (Å²) in [6.45, 7) is 3.80. The van der Waals surface area contributed by atoms with Crippen molar-refractivity contribution in [2.45, 2.75) is 32.4 Å². The minimum absolute atomic E-state index is 0.301. The van der Waals surface area contributed by atoms with Gasteiger partial charge in [-0.3, -0.25) is 19.4 Å². The lowest BCUT2D eigenvalue weighted by Gasteiger charge is -2.26. The lowest BCUT2D eigenvalue weighted by molar-refractivity contribution is 0.0996. The minimum atomic E-state index is -0.518. The zero-order valence-electron chi connectivity index (χ0n) is 18.1. The van der Waals surface area contributed by atoms with Crippen LogP contribution < -0.4 is 5.73 Å². The van der Waals surface area contributed by atoms with Gasteiger partial charge in [0.05, 0.1) is 12.1 Å². The smallest absolute Gasteiger partial charge is 0.269 e. The van der Waals surface area contributed by atoms with Gasteiger partial charge in [-0.1, -0.05) is 42.8 Å². The average molecular weight is 426 g/mol. The summed E-state index contributed by atoms with van der Waals surface area (Å²) in [7, 11) is 0. The van der Waals surface area contributed by atoms with Crippen LogP contribution in [0.1, 0.15) is 40.9 Å². The molecular formula is C26H27N5O. The molecule has 2 aromatic carbocycles. The molecule has 2 N–H and O–H groups in total. The highest BCUT2D eigenvalue weighted by molar-refractivity contribution is 6.05. The highest BCUT2D eigenvalue weighted by Gasteiger charge is 2.17. The second-order valence-corrected chi connectivity index (χ2v) is 8.51. The maximum atomic E-state index is 12.1. The molecule has 1 saturated heterocycles. The van der Waals surface area contributed by atoms with Gasteiger partial charge >= 0.3 is 0 Å². The molecule has 6 nitrogen and oxygen atoms in total. The van der Waals surface area contributed by atoms with Crippen molar-refractivity contribution < 1.29 is 4.79 Å². The zero-order chi connectivity index (χ0) is 21.9. The van der Waals surface area contributed by atoms with Gasteiger partial charge in [-0.25, -0.2) is 0 Å². The largest absolute Gasteiger partial charge is 0.364 e. The fraction of sp³-hybridized carbons (Fsp3) is 0.269. The number of benzene rings is 2. The second kappa shape index (κ2) is 8.93. The van der Waals surface area contributed by atoms with E-state index in [4.69, 9.17) is 5.73 Å². The fourth-order valence-corrected chi connectivity index (χ4v) is 4.53. The van der Waals surface area contributed by atoms with Gasteiger partial charge in [-0.2, -0.15) is 5.10 Å². The standard InChI is InChI=1S/C26H27N5O/c27-26(32)25-23-14-21(9-10-24(23)31(29-25)18-19-7-3-1-4-8-19)22-13-20(15-28-16-22)17-30-11-5-2-6-12-30/h1,3-4,7-10,13-16H,2,5-6,11-12,17-18H2,(H2,27,32). The molecule has 0 aliphatic carbocycles. The van der Waals surface area contributed by atoms with Gasteiger partial charge in [0.2, 0.25) is 0 Å². The normalized spacial score (nSPS) is 14.6. The molecule has 162 valence electrons. The molecule has 0 spiro atoms. The molecule has 2 aromatic heterocycles. The summed E-state index contributed by atoms with van der Waals surface area (Å²) in [5.74, 6) is -0.518. The Kier molecular flexibility index (Phi) is 5.69. The van der Waals surface area contributed by atoms with Gasteiger partial charge in [-0.05, 0) is 60.8 Å². The number of nitrogens with zero attached hydrogens (tertiary/aromatic N) is 4. The van der Waals surface area contributed by atoms with Crippen LogP contribution in [0.15, 0.2) is 67.0 Å². The molecule has 32 heavy (non-hydrogen) atoms. The summed E-state index contributed by atoms with van der Waals surface area (Å²) < 4.78 is 1.85. The third kappa shape index (κ3) is 4.27. The summed E-state index contributed by atoms with van der Waals surface area (Å²) >= 11 is 0. The van der Waals surface area contributed by atoms with E-state index in [9.17, 15) is 4.79 Å². The first-order valence-corrected chi connectivity index (χ1v) is 11.2. The number of amides is 1. The van der Waals surface area contributed by atoms with Crippen molar-refractivity contribution in [3.8, 4) is 11.1 Å². The highest BCUT2D eigenvalue weighted by Crippen LogP contribution is 2.28. The molecule has 1 aliphatic rings. The summed E-state index contributed by atoms with van der Waals surface area (Å²) in [6, 6.07) is 18.4. The molecule has 0 radical (unpaired) electrons. The van der Waals surface area contributed by atoms with Gasteiger partial charge < -0.3 is 5.73 Å². The van der Waals surface area contributed by atoms with E-state index in [1.807, 2.05) is 59.5 Å². The predicted molar refractivity (Wildman–Crippen MR) is 126 cm³/mol. The lowest BCUT2D eigenvalue weighted by Crippen LogP contribution is -2.29. The number of hydrogen-bond acceptors (Lipinski definition) is 4. The van der Waals surface area contributed by atoms with E-state index in [0.717, 1.165) is 47.2 Å². The van der Waals surface area contributed by atoms with Crippen molar-refractivity contribution in [1.29, 1.82) is 0 Å². The molecule has 0 bridgehead atoms. The quantitative estimate of drug-likeness (QED) is 0.501. The molecule has 0 unspecified atom stereocenters. The van der Waals surface area contributed by atoms with Crippen molar-refractivity contribution >= 4 is 16.8 Å². The number of aromatic nitrogens is 3. The number of carbonyl (C=O) groups excluding carboxylic acids is 1. The number of rotatable bonds is 6. The Morgan fingerprint density at radius 3 is 2.47 bits per heavy atom. The number of nitrogens with two attached hydrogens (primary N) is 1. The van der Waals surface area contributed by atoms with Gasteiger partial charge in [0, 0.05) is 29.9 Å². The number of hydrogen-bond donors (Lipinski definition) is 1. The molecule has 5 rings (SSSR count). The van der Waals surface area contributed by atoms with Crippen LogP contribution >= 0.6 is 0 Å². The number of primary amides is 1. The molecule has 3 heterocycles. The molecular weight excluding hydrogens is 398 g/mol. The van der Waals surface area contributed by atoms with Gasteiger partial charge in [0.15, 0.2) is 5.69 Å². The van der Waals surface area contributed by atoms with E-state index >= 15 is 0 Å². The van der Waals surface area contributed by atoms with Gasteiger partial charge in [0.1, 0.15) is 0 Å². The van der Waals surface area contributed by atoms with Crippen LogP contribution in [0.2, 0.25) is 0 Å². The van der Waals surface area contributed by atoms with E-state index in [0.29, 0.717) is 12.2 Å². The number of likely N-dealkylation sites (tertiary alicyclic amines) is 1. The van der Waals surface area contributed by atoms with Crippen LogP contribution in [0.5, 0.6) is 0 Å². The van der Waals surface area contributed by atoms with E-state index < -0.39 is 5.91 Å². The maximum Gasteiger partial charge on any atom is 0.269 e. The molecule has 6 heteroatoms. The monoisotopic (exact) mass is 425 g/mol.